The number of carbonyl (C=O) groups excluding carboxylic acids is 1. The van der Waals surface area contributed by atoms with Crippen LogP contribution in [0.1, 0.15) is 17.7 Å². The van der Waals surface area contributed by atoms with Gasteiger partial charge in [-0.15, -0.1) is 11.3 Å². The Labute approximate surface area is 130 Å². The number of aromatic nitrogens is 3. The van der Waals surface area contributed by atoms with Gasteiger partial charge < -0.3 is 5.32 Å². The Hall–Kier alpha value is -2.28. The Bertz CT molecular complexity index is 783. The van der Waals surface area contributed by atoms with Gasteiger partial charge in [-0.1, -0.05) is 12.1 Å². The van der Waals surface area contributed by atoms with Crippen LogP contribution in [0.15, 0.2) is 36.0 Å². The molecule has 0 fully saturated rings. The summed E-state index contributed by atoms with van der Waals surface area (Å²) in [5.74, 6) is -0.304. The van der Waals surface area contributed by atoms with Gasteiger partial charge in [-0.2, -0.15) is 5.10 Å². The summed E-state index contributed by atoms with van der Waals surface area (Å²) in [6, 6.07) is 6.33. The molecule has 2 heterocycles. The minimum Gasteiger partial charge on any atom is -0.356 e. The zero-order chi connectivity index (χ0) is 15.4. The highest BCUT2D eigenvalue weighted by Gasteiger charge is 2.07. The Kier molecular flexibility index (Phi) is 4.43. The first-order valence-electron chi connectivity index (χ1n) is 6.99. The zero-order valence-electron chi connectivity index (χ0n) is 11.8. The molecule has 0 aliphatic heterocycles. The van der Waals surface area contributed by atoms with Crippen LogP contribution < -0.4 is 5.32 Å². The summed E-state index contributed by atoms with van der Waals surface area (Å²) in [4.78, 5) is 16.8. The van der Waals surface area contributed by atoms with Gasteiger partial charge in [0.2, 0.25) is 10.9 Å². The molecule has 3 aromatic rings. The molecule has 7 heteroatoms. The van der Waals surface area contributed by atoms with Crippen LogP contribution in [-0.2, 0) is 17.6 Å². The number of benzene rings is 1. The Balaban J connectivity index is 1.44. The molecule has 1 amide bonds. The van der Waals surface area contributed by atoms with Gasteiger partial charge in [0.25, 0.3) is 0 Å². The van der Waals surface area contributed by atoms with Crippen molar-refractivity contribution in [1.82, 2.24) is 19.9 Å². The predicted octanol–water partition coefficient (Wildman–Crippen LogP) is 2.22. The summed E-state index contributed by atoms with van der Waals surface area (Å²) in [6.07, 6.45) is 3.11. The second-order valence-electron chi connectivity index (χ2n) is 4.91. The lowest BCUT2D eigenvalue weighted by Gasteiger charge is -2.05. The average Bonchev–Trinajstić information content (AvgIpc) is 3.10. The number of hydrogen-bond donors (Lipinski definition) is 1. The van der Waals surface area contributed by atoms with Crippen molar-refractivity contribution in [3.63, 3.8) is 0 Å². The molecule has 22 heavy (non-hydrogen) atoms. The molecule has 0 unspecified atom stereocenters. The van der Waals surface area contributed by atoms with E-state index in [0.29, 0.717) is 25.8 Å². The third-order valence-corrected chi connectivity index (χ3v) is 4.20. The fourth-order valence-electron chi connectivity index (χ4n) is 2.21. The first kappa shape index (κ1) is 14.6. The van der Waals surface area contributed by atoms with E-state index in [1.165, 1.54) is 29.8 Å². The molecule has 0 saturated heterocycles. The first-order chi connectivity index (χ1) is 10.7. The molecule has 0 radical (unpaired) electrons. The lowest BCUT2D eigenvalue weighted by Crippen LogP contribution is -2.26. The first-order valence-corrected chi connectivity index (χ1v) is 7.87. The summed E-state index contributed by atoms with van der Waals surface area (Å²) in [7, 11) is 0. The second kappa shape index (κ2) is 6.65. The second-order valence-corrected chi connectivity index (χ2v) is 5.75. The standard InChI is InChI=1S/C15H15FN4OS/c16-12-3-1-2-11(8-12)4-5-14(21)17-7-6-13-9-22-15-18-10-19-20(13)15/h1-3,8-10H,4-7H2,(H,17,21). The van der Waals surface area contributed by atoms with Crippen molar-refractivity contribution in [2.24, 2.45) is 0 Å². The van der Waals surface area contributed by atoms with E-state index in [1.807, 2.05) is 11.4 Å². The lowest BCUT2D eigenvalue weighted by molar-refractivity contribution is -0.121. The van der Waals surface area contributed by atoms with Crippen LogP contribution in [0.25, 0.3) is 4.96 Å². The van der Waals surface area contributed by atoms with Gasteiger partial charge in [0, 0.05) is 24.8 Å². The summed E-state index contributed by atoms with van der Waals surface area (Å²) in [5.41, 5.74) is 1.86. The summed E-state index contributed by atoms with van der Waals surface area (Å²) < 4.78 is 14.8. The van der Waals surface area contributed by atoms with Gasteiger partial charge in [-0.05, 0) is 24.1 Å². The Morgan fingerprint density at radius 1 is 1.36 bits per heavy atom. The van der Waals surface area contributed by atoms with E-state index >= 15 is 0 Å². The quantitative estimate of drug-likeness (QED) is 0.758. The van der Waals surface area contributed by atoms with Crippen LogP contribution >= 0.6 is 11.3 Å². The smallest absolute Gasteiger partial charge is 0.220 e. The fraction of sp³-hybridized carbons (Fsp3) is 0.267. The molecule has 3 rings (SSSR count). The molecule has 114 valence electrons. The van der Waals surface area contributed by atoms with Crippen molar-refractivity contribution in [1.29, 1.82) is 0 Å². The number of nitrogens with one attached hydrogen (secondary N) is 1. The van der Waals surface area contributed by atoms with Crippen molar-refractivity contribution in [3.05, 3.63) is 53.0 Å². The molecule has 0 bridgehead atoms. The van der Waals surface area contributed by atoms with Crippen LogP contribution in [0.2, 0.25) is 0 Å². The monoisotopic (exact) mass is 318 g/mol. The topological polar surface area (TPSA) is 59.3 Å². The van der Waals surface area contributed by atoms with Crippen LogP contribution in [0.4, 0.5) is 4.39 Å². The summed E-state index contributed by atoms with van der Waals surface area (Å²) in [5, 5.41) is 9.00. The molecular weight excluding hydrogens is 303 g/mol. The van der Waals surface area contributed by atoms with E-state index in [0.717, 1.165) is 16.2 Å². The van der Waals surface area contributed by atoms with Crippen molar-refractivity contribution < 1.29 is 9.18 Å². The maximum absolute atomic E-state index is 13.0. The third-order valence-electron chi connectivity index (χ3n) is 3.32. The van der Waals surface area contributed by atoms with E-state index in [9.17, 15) is 9.18 Å². The Morgan fingerprint density at radius 2 is 2.27 bits per heavy atom. The number of hydrogen-bond acceptors (Lipinski definition) is 4. The maximum Gasteiger partial charge on any atom is 0.220 e. The largest absolute Gasteiger partial charge is 0.356 e. The van der Waals surface area contributed by atoms with Crippen LogP contribution in [0, 0.1) is 5.82 Å². The number of fused-ring (bicyclic) bond motifs is 1. The van der Waals surface area contributed by atoms with Gasteiger partial charge >= 0.3 is 0 Å². The van der Waals surface area contributed by atoms with Crippen molar-refractivity contribution in [2.45, 2.75) is 19.3 Å². The van der Waals surface area contributed by atoms with Gasteiger partial charge in [-0.25, -0.2) is 13.9 Å². The van der Waals surface area contributed by atoms with Crippen LogP contribution in [-0.4, -0.2) is 27.0 Å². The molecule has 0 saturated carbocycles. The van der Waals surface area contributed by atoms with Crippen LogP contribution in [0.3, 0.4) is 0 Å². The van der Waals surface area contributed by atoms with E-state index in [-0.39, 0.29) is 11.7 Å². The number of halogens is 1. The normalized spacial score (nSPS) is 11.0. The molecule has 0 spiro atoms. The highest BCUT2D eigenvalue weighted by Crippen LogP contribution is 2.12. The van der Waals surface area contributed by atoms with Gasteiger partial charge in [0.1, 0.15) is 12.1 Å². The number of aryl methyl sites for hydroxylation is 1. The van der Waals surface area contributed by atoms with Gasteiger partial charge in [-0.3, -0.25) is 4.79 Å². The number of rotatable bonds is 6. The van der Waals surface area contributed by atoms with Gasteiger partial charge in [0.15, 0.2) is 0 Å². The molecule has 0 aliphatic rings. The fourth-order valence-corrected chi connectivity index (χ4v) is 3.04. The van der Waals surface area contributed by atoms with Crippen molar-refractivity contribution >= 4 is 22.2 Å². The molecule has 1 N–H and O–H groups in total. The summed E-state index contributed by atoms with van der Waals surface area (Å²) in [6.45, 7) is 0.549. The molecule has 5 nitrogen and oxygen atoms in total. The van der Waals surface area contributed by atoms with Crippen LogP contribution in [0.5, 0.6) is 0 Å². The van der Waals surface area contributed by atoms with Crippen molar-refractivity contribution in [3.8, 4) is 0 Å². The highest BCUT2D eigenvalue weighted by atomic mass is 32.1. The van der Waals surface area contributed by atoms with E-state index < -0.39 is 0 Å². The number of nitrogens with zero attached hydrogens (tertiary/aromatic N) is 3. The Morgan fingerprint density at radius 3 is 3.14 bits per heavy atom. The average molecular weight is 318 g/mol. The third kappa shape index (κ3) is 3.48. The molecule has 2 aromatic heterocycles. The van der Waals surface area contributed by atoms with E-state index in [2.05, 4.69) is 15.4 Å². The number of thiazole rings is 1. The maximum atomic E-state index is 13.0. The molecular formula is C15H15FN4OS. The van der Waals surface area contributed by atoms with Crippen molar-refractivity contribution in [2.75, 3.05) is 6.54 Å². The highest BCUT2D eigenvalue weighted by molar-refractivity contribution is 7.15. The summed E-state index contributed by atoms with van der Waals surface area (Å²) >= 11 is 1.53. The van der Waals surface area contributed by atoms with E-state index in [1.54, 1.807) is 10.6 Å². The minimum atomic E-state index is -0.271. The predicted molar refractivity (Wildman–Crippen MR) is 82.3 cm³/mol. The zero-order valence-corrected chi connectivity index (χ0v) is 12.6. The lowest BCUT2D eigenvalue weighted by atomic mass is 10.1. The molecule has 0 aliphatic carbocycles. The SMILES string of the molecule is O=C(CCc1cccc(F)c1)NCCc1csc2ncnn12. The molecule has 0 atom stereocenters. The molecule has 1 aromatic carbocycles. The minimum absolute atomic E-state index is 0.0330. The van der Waals surface area contributed by atoms with Gasteiger partial charge in [0.05, 0.1) is 5.69 Å². The number of carbonyl (C=O) groups is 1. The van der Waals surface area contributed by atoms with E-state index in [4.69, 9.17) is 0 Å². The number of amides is 1.